The monoisotopic (exact) mass is 358 g/mol. The number of rotatable bonds is 4. The Morgan fingerprint density at radius 1 is 1.08 bits per heavy atom. The molecule has 5 nitrogen and oxygen atoms in total. The van der Waals surface area contributed by atoms with Crippen LogP contribution in [0.5, 0.6) is 0 Å². The molecule has 2 aromatic carbocycles. The van der Waals surface area contributed by atoms with Gasteiger partial charge in [-0.2, -0.15) is 5.26 Å². The maximum Gasteiger partial charge on any atom is 0.320 e. The topological polar surface area (TPSA) is 74.7 Å². The molecule has 0 spiro atoms. The minimum absolute atomic E-state index is 0.241. The number of nitrogens with zero attached hydrogens (tertiary/aromatic N) is 3. The molecular formula is C17H12Cl2N4O. The SMILES string of the molecule is CC(c1nnc(Nc2ccc(C#N)cc2)o1)c1c(Cl)cccc1Cl. The van der Waals surface area contributed by atoms with Crippen LogP contribution >= 0.6 is 23.2 Å². The first-order valence-corrected chi connectivity index (χ1v) is 7.88. The van der Waals surface area contributed by atoms with E-state index in [1.165, 1.54) is 0 Å². The molecule has 3 aromatic rings. The Bertz CT molecular complexity index is 879. The summed E-state index contributed by atoms with van der Waals surface area (Å²) in [6, 6.07) is 14.6. The van der Waals surface area contributed by atoms with Gasteiger partial charge in [0.15, 0.2) is 0 Å². The van der Waals surface area contributed by atoms with E-state index in [0.717, 1.165) is 11.3 Å². The molecule has 3 rings (SSSR count). The van der Waals surface area contributed by atoms with Crippen molar-refractivity contribution in [3.8, 4) is 6.07 Å². The highest BCUT2D eigenvalue weighted by Gasteiger charge is 2.21. The Kier molecular flexibility index (Phi) is 4.70. The van der Waals surface area contributed by atoms with Crippen LogP contribution in [0.1, 0.15) is 29.9 Å². The van der Waals surface area contributed by atoms with Crippen LogP contribution in [0.4, 0.5) is 11.7 Å². The summed E-state index contributed by atoms with van der Waals surface area (Å²) in [5.74, 6) is 0.163. The number of anilines is 2. The lowest BCUT2D eigenvalue weighted by molar-refractivity contribution is 0.493. The molecule has 1 heterocycles. The zero-order valence-electron chi connectivity index (χ0n) is 12.6. The van der Waals surface area contributed by atoms with Crippen molar-refractivity contribution in [1.82, 2.24) is 10.2 Å². The Balaban J connectivity index is 1.81. The highest BCUT2D eigenvalue weighted by Crippen LogP contribution is 2.35. The predicted octanol–water partition coefficient (Wildman–Crippen LogP) is 5.14. The first-order valence-electron chi connectivity index (χ1n) is 7.13. The van der Waals surface area contributed by atoms with Crippen molar-refractivity contribution < 1.29 is 4.42 Å². The fraction of sp³-hybridized carbons (Fsp3) is 0.118. The molecule has 0 aliphatic rings. The molecule has 120 valence electrons. The normalized spacial score (nSPS) is 11.8. The number of halogens is 2. The second-order valence-electron chi connectivity index (χ2n) is 5.12. The zero-order valence-corrected chi connectivity index (χ0v) is 14.1. The Morgan fingerprint density at radius 3 is 2.38 bits per heavy atom. The highest BCUT2D eigenvalue weighted by molar-refractivity contribution is 6.36. The predicted molar refractivity (Wildman–Crippen MR) is 92.7 cm³/mol. The first-order chi connectivity index (χ1) is 11.6. The van der Waals surface area contributed by atoms with Gasteiger partial charge in [0.2, 0.25) is 5.89 Å². The van der Waals surface area contributed by atoms with Gasteiger partial charge in [-0.15, -0.1) is 5.10 Å². The van der Waals surface area contributed by atoms with E-state index in [1.54, 1.807) is 42.5 Å². The van der Waals surface area contributed by atoms with E-state index in [2.05, 4.69) is 21.6 Å². The number of nitrogens with one attached hydrogen (secondary N) is 1. The number of hydrogen-bond acceptors (Lipinski definition) is 5. The third kappa shape index (κ3) is 3.35. The van der Waals surface area contributed by atoms with Gasteiger partial charge in [-0.05, 0) is 43.3 Å². The maximum atomic E-state index is 8.80. The molecule has 1 unspecified atom stereocenters. The summed E-state index contributed by atoms with van der Waals surface area (Å²) in [5, 5.41) is 20.9. The van der Waals surface area contributed by atoms with Gasteiger partial charge in [0.1, 0.15) is 0 Å². The minimum atomic E-state index is -0.241. The van der Waals surface area contributed by atoms with Gasteiger partial charge in [-0.1, -0.05) is 34.4 Å². The average Bonchev–Trinajstić information content (AvgIpc) is 3.04. The van der Waals surface area contributed by atoms with Crippen LogP contribution < -0.4 is 5.32 Å². The molecule has 7 heteroatoms. The molecule has 0 radical (unpaired) electrons. The molecule has 1 atom stereocenters. The van der Waals surface area contributed by atoms with Crippen LogP contribution in [-0.2, 0) is 0 Å². The van der Waals surface area contributed by atoms with E-state index in [4.69, 9.17) is 32.9 Å². The summed E-state index contributed by atoms with van der Waals surface area (Å²) in [5.41, 5.74) is 2.07. The standard InChI is InChI=1S/C17H12Cl2N4O/c1-10(15-13(18)3-2-4-14(15)19)16-22-23-17(24-16)21-12-7-5-11(9-20)6-8-12/h2-8,10H,1H3,(H,21,23). The molecule has 0 bridgehead atoms. The maximum absolute atomic E-state index is 8.80. The van der Waals surface area contributed by atoms with Gasteiger partial charge in [0.05, 0.1) is 17.6 Å². The molecule has 1 N–H and O–H groups in total. The fourth-order valence-electron chi connectivity index (χ4n) is 2.26. The van der Waals surface area contributed by atoms with E-state index < -0.39 is 0 Å². The van der Waals surface area contributed by atoms with Crippen LogP contribution in [0.15, 0.2) is 46.9 Å². The lowest BCUT2D eigenvalue weighted by atomic mass is 10.0. The van der Waals surface area contributed by atoms with E-state index in [1.807, 2.05) is 6.92 Å². The van der Waals surface area contributed by atoms with Crippen molar-refractivity contribution in [3.05, 3.63) is 69.5 Å². The molecule has 0 saturated heterocycles. The Hall–Kier alpha value is -2.55. The first kappa shape index (κ1) is 16.3. The van der Waals surface area contributed by atoms with Crippen LogP contribution in [0.3, 0.4) is 0 Å². The second-order valence-corrected chi connectivity index (χ2v) is 5.93. The quantitative estimate of drug-likeness (QED) is 0.698. The van der Waals surface area contributed by atoms with E-state index >= 15 is 0 Å². The molecule has 24 heavy (non-hydrogen) atoms. The lowest BCUT2D eigenvalue weighted by Crippen LogP contribution is -1.98. The van der Waals surface area contributed by atoms with Crippen molar-refractivity contribution in [2.24, 2.45) is 0 Å². The molecular weight excluding hydrogens is 347 g/mol. The average molecular weight is 359 g/mol. The number of aromatic nitrogens is 2. The highest BCUT2D eigenvalue weighted by atomic mass is 35.5. The third-order valence-electron chi connectivity index (χ3n) is 3.51. The summed E-state index contributed by atoms with van der Waals surface area (Å²) in [6.45, 7) is 1.89. The molecule has 0 fully saturated rings. The van der Waals surface area contributed by atoms with Crippen molar-refractivity contribution >= 4 is 34.9 Å². The molecule has 0 saturated carbocycles. The lowest BCUT2D eigenvalue weighted by Gasteiger charge is -2.11. The van der Waals surface area contributed by atoms with Gasteiger partial charge in [0.25, 0.3) is 0 Å². The van der Waals surface area contributed by atoms with E-state index in [-0.39, 0.29) is 11.9 Å². The summed E-state index contributed by atoms with van der Waals surface area (Å²) in [6.07, 6.45) is 0. The van der Waals surface area contributed by atoms with E-state index in [0.29, 0.717) is 21.5 Å². The van der Waals surface area contributed by atoms with Gasteiger partial charge >= 0.3 is 6.01 Å². The van der Waals surface area contributed by atoms with E-state index in [9.17, 15) is 0 Å². The van der Waals surface area contributed by atoms with Crippen molar-refractivity contribution in [3.63, 3.8) is 0 Å². The minimum Gasteiger partial charge on any atom is -0.407 e. The van der Waals surface area contributed by atoms with Gasteiger partial charge < -0.3 is 9.73 Å². The van der Waals surface area contributed by atoms with Crippen LogP contribution in [0.25, 0.3) is 0 Å². The molecule has 0 aliphatic carbocycles. The Morgan fingerprint density at radius 2 is 1.75 bits per heavy atom. The van der Waals surface area contributed by atoms with Crippen LogP contribution in [-0.4, -0.2) is 10.2 Å². The van der Waals surface area contributed by atoms with Crippen LogP contribution in [0, 0.1) is 11.3 Å². The molecule has 0 aliphatic heterocycles. The van der Waals surface area contributed by atoms with Crippen LogP contribution in [0.2, 0.25) is 10.0 Å². The third-order valence-corrected chi connectivity index (χ3v) is 4.17. The van der Waals surface area contributed by atoms with Gasteiger partial charge in [-0.3, -0.25) is 0 Å². The number of nitriles is 1. The van der Waals surface area contributed by atoms with Gasteiger partial charge in [-0.25, -0.2) is 0 Å². The van der Waals surface area contributed by atoms with Crippen molar-refractivity contribution in [1.29, 1.82) is 5.26 Å². The number of hydrogen-bond donors (Lipinski definition) is 1. The fourth-order valence-corrected chi connectivity index (χ4v) is 2.98. The van der Waals surface area contributed by atoms with Gasteiger partial charge in [0, 0.05) is 21.3 Å². The smallest absolute Gasteiger partial charge is 0.320 e. The zero-order chi connectivity index (χ0) is 17.1. The second kappa shape index (κ2) is 6.91. The van der Waals surface area contributed by atoms with Crippen molar-refractivity contribution in [2.75, 3.05) is 5.32 Å². The molecule has 1 aromatic heterocycles. The van der Waals surface area contributed by atoms with Crippen molar-refractivity contribution in [2.45, 2.75) is 12.8 Å². The summed E-state index contributed by atoms with van der Waals surface area (Å²) in [7, 11) is 0. The number of benzene rings is 2. The summed E-state index contributed by atoms with van der Waals surface area (Å²) >= 11 is 12.4. The Labute approximate surface area is 148 Å². The molecule has 0 amide bonds. The summed E-state index contributed by atoms with van der Waals surface area (Å²) < 4.78 is 5.65. The largest absolute Gasteiger partial charge is 0.407 e. The summed E-state index contributed by atoms with van der Waals surface area (Å²) in [4.78, 5) is 0.